The summed E-state index contributed by atoms with van der Waals surface area (Å²) in [6.07, 6.45) is 35.4. The maximum atomic E-state index is 10.5. The van der Waals surface area contributed by atoms with Crippen LogP contribution in [0, 0.1) is 0 Å². The predicted octanol–water partition coefficient (Wildman–Crippen LogP) is 11.1. The molecule has 0 heterocycles. The lowest BCUT2D eigenvalue weighted by Gasteiger charge is -2.41. The number of quaternary nitrogens is 2. The molecular formula is C46H98N2O4+2. The van der Waals surface area contributed by atoms with Crippen molar-refractivity contribution >= 4 is 0 Å². The summed E-state index contributed by atoms with van der Waals surface area (Å²) in [5.41, 5.74) is 0. The first kappa shape index (κ1) is 51.8. The van der Waals surface area contributed by atoms with Gasteiger partial charge in [0.25, 0.3) is 0 Å². The molecular weight excluding hydrogens is 645 g/mol. The van der Waals surface area contributed by atoms with Gasteiger partial charge in [-0.2, -0.15) is 0 Å². The molecule has 4 unspecified atom stereocenters. The molecule has 4 N–H and O–H groups in total. The van der Waals surface area contributed by atoms with Crippen molar-refractivity contribution in [2.24, 2.45) is 0 Å². The zero-order valence-corrected chi connectivity index (χ0v) is 36.4. The molecule has 0 aromatic heterocycles. The molecule has 0 rings (SSSR count). The van der Waals surface area contributed by atoms with Crippen LogP contribution in [0.25, 0.3) is 0 Å². The van der Waals surface area contributed by atoms with Crippen molar-refractivity contribution in [2.75, 3.05) is 52.4 Å². The Morgan fingerprint density at radius 2 is 0.423 bits per heavy atom. The van der Waals surface area contributed by atoms with Crippen LogP contribution >= 0.6 is 0 Å². The summed E-state index contributed by atoms with van der Waals surface area (Å²) < 4.78 is 1.66. The molecule has 52 heavy (non-hydrogen) atoms. The fourth-order valence-corrected chi connectivity index (χ4v) is 9.17. The molecule has 0 radical (unpaired) electrons. The van der Waals surface area contributed by atoms with Gasteiger partial charge in [0.15, 0.2) is 0 Å². The molecule has 4 atom stereocenters. The Kier molecular flexibility index (Phi) is 35.0. The minimum atomic E-state index is -0.366. The molecule has 0 fully saturated rings. The fraction of sp³-hybridized carbons (Fsp3) is 1.00. The summed E-state index contributed by atoms with van der Waals surface area (Å²) in [5, 5.41) is 42.0. The van der Waals surface area contributed by atoms with Crippen LogP contribution in [-0.2, 0) is 0 Å². The minimum absolute atomic E-state index is 0.366. The van der Waals surface area contributed by atoms with Crippen molar-refractivity contribution in [3.63, 3.8) is 0 Å². The van der Waals surface area contributed by atoms with Gasteiger partial charge in [-0.3, -0.25) is 0 Å². The molecule has 0 aliphatic carbocycles. The third-order valence-electron chi connectivity index (χ3n) is 11.6. The Hall–Kier alpha value is -0.240. The van der Waals surface area contributed by atoms with Crippen LogP contribution in [0.5, 0.6) is 0 Å². The highest BCUT2D eigenvalue weighted by molar-refractivity contribution is 4.60. The number of rotatable bonds is 41. The highest BCUT2D eigenvalue weighted by Crippen LogP contribution is 2.21. The number of nitrogens with zero attached hydrogens (tertiary/aromatic N) is 2. The van der Waals surface area contributed by atoms with Crippen molar-refractivity contribution in [1.82, 2.24) is 0 Å². The minimum Gasteiger partial charge on any atom is -0.388 e. The summed E-state index contributed by atoms with van der Waals surface area (Å²) in [7, 11) is 0. The Morgan fingerprint density at radius 3 is 0.577 bits per heavy atom. The Balaban J connectivity index is 4.77. The van der Waals surface area contributed by atoms with Crippen LogP contribution in [0.2, 0.25) is 0 Å². The number of unbranched alkanes of at least 4 members (excludes halogenated alkanes) is 25. The zero-order valence-electron chi connectivity index (χ0n) is 36.4. The summed E-state index contributed by atoms with van der Waals surface area (Å²) >= 11 is 0. The highest BCUT2D eigenvalue weighted by Gasteiger charge is 2.32. The molecule has 0 saturated heterocycles. The van der Waals surface area contributed by atoms with Gasteiger partial charge in [-0.25, -0.2) is 0 Å². The second kappa shape index (κ2) is 35.2. The van der Waals surface area contributed by atoms with E-state index >= 15 is 0 Å². The summed E-state index contributed by atoms with van der Waals surface area (Å²) in [4.78, 5) is 0. The maximum Gasteiger partial charge on any atom is 0.105 e. The first-order valence-corrected chi connectivity index (χ1v) is 23.4. The summed E-state index contributed by atoms with van der Waals surface area (Å²) in [5.74, 6) is 0. The smallest absolute Gasteiger partial charge is 0.105 e. The molecule has 6 nitrogen and oxygen atoms in total. The largest absolute Gasteiger partial charge is 0.388 e. The first-order chi connectivity index (χ1) is 25.0. The van der Waals surface area contributed by atoms with Crippen molar-refractivity contribution < 1.29 is 29.4 Å². The molecule has 0 aromatic rings. The van der Waals surface area contributed by atoms with Crippen molar-refractivity contribution in [3.05, 3.63) is 0 Å². The fourth-order valence-electron chi connectivity index (χ4n) is 9.17. The van der Waals surface area contributed by atoms with E-state index < -0.39 is 0 Å². The lowest BCUT2D eigenvalue weighted by molar-refractivity contribution is -0.934. The van der Waals surface area contributed by atoms with Gasteiger partial charge in [0.1, 0.15) is 50.6 Å². The summed E-state index contributed by atoms with van der Waals surface area (Å²) in [6.45, 7) is 19.3. The van der Waals surface area contributed by atoms with E-state index in [0.29, 0.717) is 0 Å². The van der Waals surface area contributed by atoms with E-state index in [1.54, 1.807) is 0 Å². The Labute approximate surface area is 326 Å². The lowest BCUT2D eigenvalue weighted by atomic mass is 10.0. The van der Waals surface area contributed by atoms with Crippen molar-refractivity contribution in [3.8, 4) is 0 Å². The number of aliphatic hydroxyl groups excluding tert-OH is 4. The standard InChI is InChI=1S/C46H98N2O4/c1-7-9-11-13-15-17-19-21-23-25-27-31-35-47(39-43(3)49,40-44(4)50)37-33-29-30-34-38-48(41-45(5)51,42-46(6)52)36-32-28-26-24-22-20-18-16-14-12-10-8-2/h43-46,49-52H,7-42H2,1-6H3/q+2. The van der Waals surface area contributed by atoms with Gasteiger partial charge in [-0.05, 0) is 79.1 Å². The van der Waals surface area contributed by atoms with Crippen LogP contribution in [0.15, 0.2) is 0 Å². The Bertz CT molecular complexity index is 649. The molecule has 0 aliphatic heterocycles. The second-order valence-electron chi connectivity index (χ2n) is 17.9. The number of hydrogen-bond acceptors (Lipinski definition) is 4. The highest BCUT2D eigenvalue weighted by atomic mass is 16.3. The van der Waals surface area contributed by atoms with Crippen LogP contribution in [0.3, 0.4) is 0 Å². The molecule has 0 saturated carbocycles. The SMILES string of the molecule is CCCCCCCCCCCCCC[N+](CCCCCC[N+](CCCCCCCCCCCCCC)(CC(C)O)CC(C)O)(CC(C)O)CC(C)O. The van der Waals surface area contributed by atoms with Crippen LogP contribution in [0.4, 0.5) is 0 Å². The van der Waals surface area contributed by atoms with Gasteiger partial charge in [-0.15, -0.1) is 0 Å². The monoisotopic (exact) mass is 743 g/mol. The third kappa shape index (κ3) is 32.0. The normalized spacial score (nSPS) is 16.7. The average molecular weight is 743 g/mol. The van der Waals surface area contributed by atoms with Crippen molar-refractivity contribution in [1.29, 1.82) is 0 Å². The van der Waals surface area contributed by atoms with Gasteiger partial charge in [-0.1, -0.05) is 142 Å². The van der Waals surface area contributed by atoms with Crippen molar-refractivity contribution in [2.45, 2.75) is 246 Å². The average Bonchev–Trinajstić information content (AvgIpc) is 3.06. The number of hydrogen-bond donors (Lipinski definition) is 4. The molecule has 0 aromatic carbocycles. The van der Waals surface area contributed by atoms with Gasteiger partial charge < -0.3 is 29.4 Å². The molecule has 0 amide bonds. The Morgan fingerprint density at radius 1 is 0.269 bits per heavy atom. The van der Waals surface area contributed by atoms with Gasteiger partial charge in [0.05, 0.1) is 26.2 Å². The van der Waals surface area contributed by atoms with E-state index in [4.69, 9.17) is 0 Å². The third-order valence-corrected chi connectivity index (χ3v) is 11.6. The second-order valence-corrected chi connectivity index (χ2v) is 17.9. The van der Waals surface area contributed by atoms with Crippen LogP contribution in [0.1, 0.15) is 221 Å². The van der Waals surface area contributed by atoms with E-state index in [0.717, 1.165) is 87.0 Å². The quantitative estimate of drug-likeness (QED) is 0.0371. The lowest BCUT2D eigenvalue weighted by Crippen LogP contribution is -2.56. The van der Waals surface area contributed by atoms with E-state index in [2.05, 4.69) is 13.8 Å². The molecule has 0 spiro atoms. The van der Waals surface area contributed by atoms with E-state index in [-0.39, 0.29) is 24.4 Å². The van der Waals surface area contributed by atoms with Gasteiger partial charge >= 0.3 is 0 Å². The number of aliphatic hydroxyl groups is 4. The molecule has 6 heteroatoms. The maximum absolute atomic E-state index is 10.5. The zero-order chi connectivity index (χ0) is 38.8. The molecule has 0 bridgehead atoms. The van der Waals surface area contributed by atoms with E-state index in [9.17, 15) is 20.4 Å². The topological polar surface area (TPSA) is 80.9 Å². The van der Waals surface area contributed by atoms with Crippen LogP contribution in [-0.4, -0.2) is 106 Å². The van der Waals surface area contributed by atoms with Gasteiger partial charge in [0, 0.05) is 0 Å². The molecule has 314 valence electrons. The predicted molar refractivity (Wildman–Crippen MR) is 227 cm³/mol. The summed E-state index contributed by atoms with van der Waals surface area (Å²) in [6, 6.07) is 0. The van der Waals surface area contributed by atoms with Crippen LogP contribution < -0.4 is 0 Å². The van der Waals surface area contributed by atoms with E-state index in [1.807, 2.05) is 27.7 Å². The van der Waals surface area contributed by atoms with Gasteiger partial charge in [0.2, 0.25) is 0 Å². The van der Waals surface area contributed by atoms with E-state index in [1.165, 1.54) is 154 Å². The first-order valence-electron chi connectivity index (χ1n) is 23.4. The molecule has 0 aliphatic rings.